The number of halogens is 1. The highest BCUT2D eigenvalue weighted by atomic mass is 127. The molecule has 0 spiro atoms. The molecule has 0 aliphatic carbocycles. The molecule has 0 unspecified atom stereocenters. The van der Waals surface area contributed by atoms with Gasteiger partial charge in [-0.15, -0.1) is 5.11 Å². The third-order valence-electron chi connectivity index (χ3n) is 3.43. The molecule has 0 bridgehead atoms. The van der Waals surface area contributed by atoms with Crippen molar-refractivity contribution in [2.24, 2.45) is 10.3 Å². The van der Waals surface area contributed by atoms with E-state index in [2.05, 4.69) is 56.9 Å². The third kappa shape index (κ3) is 4.31. The molecule has 0 saturated carbocycles. The molecule has 2 aromatic rings. The molecule has 0 N–H and O–H groups in total. The van der Waals surface area contributed by atoms with Crippen LogP contribution in [0.2, 0.25) is 0 Å². The van der Waals surface area contributed by atoms with Crippen LogP contribution in [-0.4, -0.2) is 18.1 Å². The van der Waals surface area contributed by atoms with Crippen LogP contribution in [0.3, 0.4) is 0 Å². The van der Waals surface area contributed by atoms with Crippen LogP contribution in [0.1, 0.15) is 24.0 Å². The Morgan fingerprint density at radius 2 is 1.36 bits per heavy atom. The van der Waals surface area contributed by atoms with Gasteiger partial charge in [-0.05, 0) is 84.0 Å². The van der Waals surface area contributed by atoms with Gasteiger partial charge in [0.1, 0.15) is 0 Å². The monoisotopic (exact) mass is 401 g/mol. The van der Waals surface area contributed by atoms with Gasteiger partial charge in [0.2, 0.25) is 0 Å². The molecule has 0 radical (unpaired) electrons. The Kier molecular flexibility index (Phi) is 5.07. The van der Waals surface area contributed by atoms with Gasteiger partial charge in [-0.1, -0.05) is 17.1 Å². The molecule has 22 heavy (non-hydrogen) atoms. The van der Waals surface area contributed by atoms with E-state index >= 15 is 0 Å². The molecule has 110 valence electrons. The maximum absolute atomic E-state index is 4.26. The zero-order chi connectivity index (χ0) is 15.2. The van der Waals surface area contributed by atoms with E-state index in [-0.39, 0.29) is 0 Å². The molecule has 1 saturated heterocycles. The van der Waals surface area contributed by atoms with Crippen molar-refractivity contribution in [2.45, 2.75) is 12.8 Å². The fourth-order valence-electron chi connectivity index (χ4n) is 2.19. The summed E-state index contributed by atoms with van der Waals surface area (Å²) in [4.78, 5) is 0. The summed E-state index contributed by atoms with van der Waals surface area (Å²) in [7, 11) is 0. The fourth-order valence-corrected chi connectivity index (χ4v) is 2.55. The molecule has 0 aromatic heterocycles. The van der Waals surface area contributed by atoms with Gasteiger partial charge in [-0.2, -0.15) is 0 Å². The van der Waals surface area contributed by atoms with Gasteiger partial charge in [-0.25, -0.2) is 0 Å². The van der Waals surface area contributed by atoms with Crippen molar-refractivity contribution in [3.8, 4) is 11.8 Å². The summed E-state index contributed by atoms with van der Waals surface area (Å²) in [6, 6.07) is 16.1. The second-order valence-electron chi connectivity index (χ2n) is 5.15. The average Bonchev–Trinajstić information content (AvgIpc) is 3.07. The first kappa shape index (κ1) is 15.0. The highest BCUT2D eigenvalue weighted by Crippen LogP contribution is 2.16. The Hall–Kier alpha value is -1.87. The summed E-state index contributed by atoms with van der Waals surface area (Å²) in [6.45, 7) is 2.03. The van der Waals surface area contributed by atoms with Crippen LogP contribution >= 0.6 is 22.6 Å². The normalized spacial score (nSPS) is 14.1. The van der Waals surface area contributed by atoms with Crippen LogP contribution in [0.5, 0.6) is 0 Å². The molecule has 0 atom stereocenters. The van der Waals surface area contributed by atoms with Crippen molar-refractivity contribution in [1.29, 1.82) is 0 Å². The van der Waals surface area contributed by atoms with Crippen molar-refractivity contribution in [3.63, 3.8) is 0 Å². The van der Waals surface area contributed by atoms with E-state index in [1.807, 2.05) is 41.4 Å². The molecule has 1 aliphatic heterocycles. The second-order valence-corrected chi connectivity index (χ2v) is 6.40. The van der Waals surface area contributed by atoms with Crippen LogP contribution in [0.4, 0.5) is 5.69 Å². The van der Waals surface area contributed by atoms with Crippen LogP contribution < -0.4 is 0 Å². The van der Waals surface area contributed by atoms with Gasteiger partial charge in [0.05, 0.1) is 5.69 Å². The number of rotatable bonds is 2. The first-order chi connectivity index (χ1) is 10.8. The van der Waals surface area contributed by atoms with Crippen LogP contribution in [0, 0.1) is 15.4 Å². The van der Waals surface area contributed by atoms with Crippen LogP contribution in [0.15, 0.2) is 58.9 Å². The molecule has 1 heterocycles. The quantitative estimate of drug-likeness (QED) is 0.404. The standard InChI is InChI=1S/C18H16IN3/c19-17-9-5-15(6-10-17)3-4-16-7-11-18(12-8-16)20-21-22-13-1-2-14-22/h5-12H,1-2,13-14H2. The highest BCUT2D eigenvalue weighted by molar-refractivity contribution is 14.1. The van der Waals surface area contributed by atoms with E-state index in [9.17, 15) is 0 Å². The molecular weight excluding hydrogens is 385 g/mol. The summed E-state index contributed by atoms with van der Waals surface area (Å²) in [5, 5.41) is 10.5. The summed E-state index contributed by atoms with van der Waals surface area (Å²) in [5.41, 5.74) is 2.88. The lowest BCUT2D eigenvalue weighted by Gasteiger charge is -2.06. The number of hydrogen-bond donors (Lipinski definition) is 0. The number of benzene rings is 2. The minimum Gasteiger partial charge on any atom is -0.278 e. The Bertz CT molecular complexity index is 703. The van der Waals surface area contributed by atoms with Crippen molar-refractivity contribution >= 4 is 28.3 Å². The predicted octanol–water partition coefficient (Wildman–Crippen LogP) is 4.79. The lowest BCUT2D eigenvalue weighted by Crippen LogP contribution is -2.09. The molecule has 1 aliphatic rings. The Labute approximate surface area is 144 Å². The number of hydrogen-bond acceptors (Lipinski definition) is 2. The lowest BCUT2D eigenvalue weighted by atomic mass is 10.2. The lowest BCUT2D eigenvalue weighted by molar-refractivity contribution is 0.336. The summed E-state index contributed by atoms with van der Waals surface area (Å²) in [5.74, 6) is 6.34. The van der Waals surface area contributed by atoms with Crippen molar-refractivity contribution < 1.29 is 0 Å². The van der Waals surface area contributed by atoms with Gasteiger partial charge in [0.25, 0.3) is 0 Å². The third-order valence-corrected chi connectivity index (χ3v) is 4.15. The zero-order valence-corrected chi connectivity index (χ0v) is 14.3. The second kappa shape index (κ2) is 7.41. The van der Waals surface area contributed by atoms with Gasteiger partial charge in [-0.3, -0.25) is 5.01 Å². The van der Waals surface area contributed by atoms with Gasteiger partial charge in [0.15, 0.2) is 0 Å². The van der Waals surface area contributed by atoms with Crippen LogP contribution in [0.25, 0.3) is 0 Å². The van der Waals surface area contributed by atoms with Gasteiger partial charge < -0.3 is 0 Å². The average molecular weight is 401 g/mol. The Morgan fingerprint density at radius 3 is 1.95 bits per heavy atom. The minimum atomic E-state index is 0.867. The summed E-state index contributed by atoms with van der Waals surface area (Å²) in [6.07, 6.45) is 2.43. The van der Waals surface area contributed by atoms with Gasteiger partial charge in [0, 0.05) is 27.8 Å². The molecule has 4 heteroatoms. The van der Waals surface area contributed by atoms with Gasteiger partial charge >= 0.3 is 0 Å². The molecular formula is C18H16IN3. The topological polar surface area (TPSA) is 28.0 Å². The molecule has 2 aromatic carbocycles. The fraction of sp³-hybridized carbons (Fsp3) is 0.222. The summed E-state index contributed by atoms with van der Waals surface area (Å²) < 4.78 is 1.22. The maximum atomic E-state index is 4.26. The Morgan fingerprint density at radius 1 is 0.818 bits per heavy atom. The molecule has 3 nitrogen and oxygen atoms in total. The SMILES string of the molecule is Ic1ccc(C#Cc2ccc(N=NN3CCCC3)cc2)cc1. The van der Waals surface area contributed by atoms with E-state index in [1.54, 1.807) is 0 Å². The maximum Gasteiger partial charge on any atom is 0.0875 e. The van der Waals surface area contributed by atoms with E-state index < -0.39 is 0 Å². The molecule has 0 amide bonds. The van der Waals surface area contributed by atoms with Crippen molar-refractivity contribution in [1.82, 2.24) is 5.01 Å². The van der Waals surface area contributed by atoms with Crippen molar-refractivity contribution in [3.05, 3.63) is 63.2 Å². The molecule has 3 rings (SSSR count). The Balaban J connectivity index is 1.65. The minimum absolute atomic E-state index is 0.867. The number of nitrogens with zero attached hydrogens (tertiary/aromatic N) is 3. The highest BCUT2D eigenvalue weighted by Gasteiger charge is 2.08. The zero-order valence-electron chi connectivity index (χ0n) is 12.2. The van der Waals surface area contributed by atoms with Crippen molar-refractivity contribution in [2.75, 3.05) is 13.1 Å². The van der Waals surface area contributed by atoms with E-state index in [0.717, 1.165) is 29.9 Å². The van der Waals surface area contributed by atoms with E-state index in [1.165, 1.54) is 16.4 Å². The largest absolute Gasteiger partial charge is 0.278 e. The van der Waals surface area contributed by atoms with Crippen LogP contribution in [-0.2, 0) is 0 Å². The predicted molar refractivity (Wildman–Crippen MR) is 96.9 cm³/mol. The first-order valence-electron chi connectivity index (χ1n) is 7.34. The smallest absolute Gasteiger partial charge is 0.0875 e. The van der Waals surface area contributed by atoms with E-state index in [4.69, 9.17) is 0 Å². The van der Waals surface area contributed by atoms with E-state index in [0.29, 0.717) is 0 Å². The first-order valence-corrected chi connectivity index (χ1v) is 8.42. The molecule has 1 fully saturated rings. The summed E-state index contributed by atoms with van der Waals surface area (Å²) >= 11 is 2.29.